The van der Waals surface area contributed by atoms with Crippen LogP contribution in [0.3, 0.4) is 0 Å². The van der Waals surface area contributed by atoms with E-state index in [1.807, 2.05) is 48.5 Å². The predicted molar refractivity (Wildman–Crippen MR) is 86.8 cm³/mol. The number of benzene rings is 2. The van der Waals surface area contributed by atoms with E-state index in [4.69, 9.17) is 8.37 Å². The lowest BCUT2D eigenvalue weighted by atomic mass is 10.3. The van der Waals surface area contributed by atoms with Gasteiger partial charge in [-0.25, -0.2) is 0 Å². The van der Waals surface area contributed by atoms with Crippen molar-refractivity contribution in [2.75, 3.05) is 0 Å². The van der Waals surface area contributed by atoms with Crippen LogP contribution >= 0.6 is 0 Å². The summed E-state index contributed by atoms with van der Waals surface area (Å²) >= 11 is 0. The van der Waals surface area contributed by atoms with Gasteiger partial charge in [-0.15, -0.1) is 8.42 Å². The third-order valence-electron chi connectivity index (χ3n) is 3.39. The van der Waals surface area contributed by atoms with E-state index in [-0.39, 0.29) is 11.8 Å². The Morgan fingerprint density at radius 3 is 1.57 bits per heavy atom. The number of H-pyrrole nitrogens is 2. The normalized spacial score (nSPS) is 11.8. The lowest BCUT2D eigenvalue weighted by molar-refractivity contribution is 0.384. The number of hydrogen-bond acceptors (Lipinski definition) is 4. The van der Waals surface area contributed by atoms with Crippen LogP contribution in [0.5, 0.6) is 11.8 Å². The molecule has 0 fully saturated rings. The smallest absolute Gasteiger partial charge is 0.334 e. The Labute approximate surface area is 132 Å². The van der Waals surface area contributed by atoms with Gasteiger partial charge in [0, 0.05) is 33.9 Å². The fourth-order valence-electron chi connectivity index (χ4n) is 2.42. The van der Waals surface area contributed by atoms with Crippen LogP contribution in [0.4, 0.5) is 0 Å². The van der Waals surface area contributed by atoms with Crippen molar-refractivity contribution in [3.63, 3.8) is 0 Å². The maximum absolute atomic E-state index is 12.0. The molecule has 2 heterocycles. The molecule has 7 heteroatoms. The molecule has 0 aliphatic rings. The highest BCUT2D eigenvalue weighted by Gasteiger charge is 2.18. The molecule has 0 bridgehead atoms. The molecule has 0 unspecified atom stereocenters. The Hall–Kier alpha value is -2.93. The summed E-state index contributed by atoms with van der Waals surface area (Å²) < 4.78 is 34.0. The van der Waals surface area contributed by atoms with Crippen LogP contribution < -0.4 is 8.37 Å². The maximum atomic E-state index is 12.0. The highest BCUT2D eigenvalue weighted by molar-refractivity contribution is 7.82. The molecule has 0 radical (unpaired) electrons. The molecule has 6 nitrogen and oxygen atoms in total. The second-order valence-electron chi connectivity index (χ2n) is 5.02. The molecule has 0 spiro atoms. The van der Waals surface area contributed by atoms with E-state index < -0.39 is 10.4 Å². The zero-order valence-electron chi connectivity index (χ0n) is 11.8. The van der Waals surface area contributed by atoms with Gasteiger partial charge in [-0.2, -0.15) is 0 Å². The highest BCUT2D eigenvalue weighted by atomic mass is 32.3. The van der Waals surface area contributed by atoms with Crippen molar-refractivity contribution in [2.24, 2.45) is 0 Å². The van der Waals surface area contributed by atoms with E-state index in [0.29, 0.717) is 0 Å². The average molecular weight is 328 g/mol. The minimum atomic E-state index is -4.25. The molecule has 0 saturated carbocycles. The second-order valence-corrected chi connectivity index (χ2v) is 6.17. The Balaban J connectivity index is 1.59. The number of aromatic nitrogens is 2. The molecule has 2 aromatic heterocycles. The summed E-state index contributed by atoms with van der Waals surface area (Å²) in [6.45, 7) is 0. The highest BCUT2D eigenvalue weighted by Crippen LogP contribution is 2.24. The molecule has 0 aliphatic carbocycles. The van der Waals surface area contributed by atoms with E-state index in [1.165, 1.54) is 0 Å². The Morgan fingerprint density at radius 2 is 1.13 bits per heavy atom. The number of nitrogens with one attached hydrogen (secondary N) is 2. The summed E-state index contributed by atoms with van der Waals surface area (Å²) in [6, 6.07) is 18.0. The van der Waals surface area contributed by atoms with Crippen molar-refractivity contribution in [2.45, 2.75) is 0 Å². The van der Waals surface area contributed by atoms with Crippen molar-refractivity contribution in [3.05, 3.63) is 60.7 Å². The van der Waals surface area contributed by atoms with Crippen molar-refractivity contribution in [3.8, 4) is 11.8 Å². The van der Waals surface area contributed by atoms with Gasteiger partial charge in [0.1, 0.15) is 0 Å². The quantitative estimate of drug-likeness (QED) is 0.602. The van der Waals surface area contributed by atoms with Crippen molar-refractivity contribution < 1.29 is 16.8 Å². The van der Waals surface area contributed by atoms with Crippen molar-refractivity contribution >= 4 is 32.2 Å². The van der Waals surface area contributed by atoms with E-state index in [0.717, 1.165) is 21.8 Å². The summed E-state index contributed by atoms with van der Waals surface area (Å²) in [6.07, 6.45) is 0. The zero-order valence-corrected chi connectivity index (χ0v) is 12.6. The first-order valence-electron chi connectivity index (χ1n) is 6.88. The number of rotatable bonds is 4. The van der Waals surface area contributed by atoms with E-state index in [2.05, 4.69) is 9.97 Å². The van der Waals surface area contributed by atoms with Crippen LogP contribution in [0.25, 0.3) is 21.8 Å². The Kier molecular flexibility index (Phi) is 3.02. The SMILES string of the molecule is O=S(=O)(Oc1cc2ccccc2[nH]1)Oc1cc2ccccc2[nH]1. The fraction of sp³-hybridized carbons (Fsp3) is 0. The largest absolute Gasteiger partial charge is 0.503 e. The summed E-state index contributed by atoms with van der Waals surface area (Å²) in [5.74, 6) is 0.199. The van der Waals surface area contributed by atoms with Gasteiger partial charge in [-0.1, -0.05) is 36.4 Å². The van der Waals surface area contributed by atoms with Gasteiger partial charge < -0.3 is 18.3 Å². The average Bonchev–Trinajstić information content (AvgIpc) is 3.07. The standard InChI is InChI=1S/C16H12N2O4S/c19-23(20,21-15-9-11-5-1-3-7-13(11)17-15)22-16-10-12-6-2-4-8-14(12)18-16/h1-10,17-18H. The van der Waals surface area contributed by atoms with Crippen molar-refractivity contribution in [1.82, 2.24) is 9.97 Å². The summed E-state index contributed by atoms with van der Waals surface area (Å²) in [5, 5.41) is 1.70. The second kappa shape index (κ2) is 5.06. The summed E-state index contributed by atoms with van der Waals surface area (Å²) in [5.41, 5.74) is 1.56. The van der Waals surface area contributed by atoms with Crippen LogP contribution in [-0.4, -0.2) is 18.4 Å². The fourth-order valence-corrected chi connectivity index (χ4v) is 3.07. The van der Waals surface area contributed by atoms with Gasteiger partial charge >= 0.3 is 10.4 Å². The molecule has 2 N–H and O–H groups in total. The van der Waals surface area contributed by atoms with Crippen LogP contribution in [0.2, 0.25) is 0 Å². The van der Waals surface area contributed by atoms with Gasteiger partial charge in [0.05, 0.1) is 0 Å². The minimum absolute atomic E-state index is 0.0994. The first-order chi connectivity index (χ1) is 11.1. The maximum Gasteiger partial charge on any atom is 0.503 e. The third-order valence-corrected chi connectivity index (χ3v) is 4.16. The van der Waals surface area contributed by atoms with Crippen LogP contribution in [-0.2, 0) is 10.4 Å². The zero-order chi connectivity index (χ0) is 15.9. The van der Waals surface area contributed by atoms with E-state index in [1.54, 1.807) is 12.1 Å². The van der Waals surface area contributed by atoms with Crippen LogP contribution in [0, 0.1) is 0 Å². The molecule has 0 atom stereocenters. The minimum Gasteiger partial charge on any atom is -0.334 e. The topological polar surface area (TPSA) is 84.2 Å². The molecule has 23 heavy (non-hydrogen) atoms. The van der Waals surface area contributed by atoms with Crippen LogP contribution in [0.15, 0.2) is 60.7 Å². The number of para-hydroxylation sites is 2. The van der Waals surface area contributed by atoms with Gasteiger partial charge in [-0.05, 0) is 12.1 Å². The lowest BCUT2D eigenvalue weighted by Crippen LogP contribution is -2.16. The van der Waals surface area contributed by atoms with Gasteiger partial charge in [0.2, 0.25) is 11.8 Å². The molecule has 4 aromatic rings. The predicted octanol–water partition coefficient (Wildman–Crippen LogP) is 3.35. The number of fused-ring (bicyclic) bond motifs is 2. The van der Waals surface area contributed by atoms with Gasteiger partial charge in [-0.3, -0.25) is 0 Å². The molecule has 0 aliphatic heterocycles. The Bertz CT molecular complexity index is 947. The lowest BCUT2D eigenvalue weighted by Gasteiger charge is -2.04. The first kappa shape index (κ1) is 13.7. The van der Waals surface area contributed by atoms with Crippen molar-refractivity contribution in [1.29, 1.82) is 0 Å². The summed E-state index contributed by atoms with van der Waals surface area (Å²) in [7, 11) is -4.25. The van der Waals surface area contributed by atoms with E-state index in [9.17, 15) is 8.42 Å². The molecular weight excluding hydrogens is 316 g/mol. The van der Waals surface area contributed by atoms with Gasteiger partial charge in [0.25, 0.3) is 0 Å². The third kappa shape index (κ3) is 2.74. The van der Waals surface area contributed by atoms with Crippen LogP contribution in [0.1, 0.15) is 0 Å². The number of hydrogen-bond donors (Lipinski definition) is 2. The molecule has 116 valence electrons. The Morgan fingerprint density at radius 1 is 0.696 bits per heavy atom. The molecule has 0 amide bonds. The summed E-state index contributed by atoms with van der Waals surface area (Å²) in [4.78, 5) is 5.74. The monoisotopic (exact) mass is 328 g/mol. The van der Waals surface area contributed by atoms with Gasteiger partial charge in [0.15, 0.2) is 0 Å². The first-order valence-corrected chi connectivity index (χ1v) is 8.22. The molecule has 4 rings (SSSR count). The number of aromatic amines is 2. The molecule has 2 aromatic carbocycles. The molecule has 0 saturated heterocycles. The molecular formula is C16H12N2O4S. The van der Waals surface area contributed by atoms with E-state index >= 15 is 0 Å².